The van der Waals surface area contributed by atoms with E-state index in [9.17, 15) is 0 Å². The maximum atomic E-state index is 3.55. The average molecular weight is 190 g/mol. The van der Waals surface area contributed by atoms with Gasteiger partial charge in [-0.15, -0.1) is 0 Å². The van der Waals surface area contributed by atoms with E-state index in [0.29, 0.717) is 6.04 Å². The molecule has 2 N–H and O–H groups in total. The van der Waals surface area contributed by atoms with Gasteiger partial charge in [0.05, 0.1) is 0 Å². The van der Waals surface area contributed by atoms with Crippen molar-refractivity contribution in [1.82, 2.24) is 5.32 Å². The summed E-state index contributed by atoms with van der Waals surface area (Å²) < 4.78 is 0. The van der Waals surface area contributed by atoms with Crippen molar-refractivity contribution in [3.8, 4) is 0 Å². The van der Waals surface area contributed by atoms with Crippen LogP contribution in [-0.2, 0) is 0 Å². The Hall–Kier alpha value is -1.02. The first-order chi connectivity index (χ1) is 6.90. The number of rotatable bonds is 2. The zero-order valence-electron chi connectivity index (χ0n) is 8.72. The smallest absolute Gasteiger partial charge is 0.0337 e. The lowest BCUT2D eigenvalue weighted by molar-refractivity contribution is 0.412. The van der Waals surface area contributed by atoms with Crippen LogP contribution in [0.2, 0.25) is 0 Å². The Labute approximate surface area is 85.7 Å². The van der Waals surface area contributed by atoms with Gasteiger partial charge < -0.3 is 10.6 Å². The van der Waals surface area contributed by atoms with Gasteiger partial charge in [0.1, 0.15) is 0 Å². The molecule has 0 saturated carbocycles. The molecule has 1 atom stereocenters. The van der Waals surface area contributed by atoms with Crippen LogP contribution in [0.3, 0.4) is 0 Å². The molecule has 1 aliphatic rings. The predicted octanol–water partition coefficient (Wildman–Crippen LogP) is 2.54. The molecule has 2 nitrogen and oxygen atoms in total. The van der Waals surface area contributed by atoms with Gasteiger partial charge in [-0.3, -0.25) is 0 Å². The summed E-state index contributed by atoms with van der Waals surface area (Å²) in [4.78, 5) is 0. The van der Waals surface area contributed by atoms with E-state index in [4.69, 9.17) is 0 Å². The van der Waals surface area contributed by atoms with Crippen molar-refractivity contribution in [2.45, 2.75) is 25.3 Å². The molecule has 1 saturated heterocycles. The Bertz CT molecular complexity index is 273. The molecular weight excluding hydrogens is 172 g/mol. The molecule has 0 radical (unpaired) electrons. The number of hydrogen-bond acceptors (Lipinski definition) is 2. The molecule has 1 fully saturated rings. The maximum Gasteiger partial charge on any atom is 0.0337 e. The second-order valence-electron chi connectivity index (χ2n) is 3.87. The Balaban J connectivity index is 2.07. The van der Waals surface area contributed by atoms with Gasteiger partial charge in [0.2, 0.25) is 0 Å². The van der Waals surface area contributed by atoms with Crippen molar-refractivity contribution in [3.05, 3.63) is 29.8 Å². The molecule has 2 heteroatoms. The van der Waals surface area contributed by atoms with E-state index >= 15 is 0 Å². The third-order valence-electron chi connectivity index (χ3n) is 2.91. The van der Waals surface area contributed by atoms with Gasteiger partial charge in [-0.1, -0.05) is 18.6 Å². The maximum absolute atomic E-state index is 3.55. The second kappa shape index (κ2) is 4.47. The fraction of sp³-hybridized carbons (Fsp3) is 0.500. The molecule has 1 aromatic rings. The van der Waals surface area contributed by atoms with Crippen LogP contribution in [0.1, 0.15) is 30.9 Å². The van der Waals surface area contributed by atoms with Crippen LogP contribution in [0, 0.1) is 0 Å². The van der Waals surface area contributed by atoms with Gasteiger partial charge in [-0.2, -0.15) is 0 Å². The minimum atomic E-state index is 0.578. The van der Waals surface area contributed by atoms with Crippen LogP contribution in [0.15, 0.2) is 24.3 Å². The van der Waals surface area contributed by atoms with Crippen molar-refractivity contribution in [2.24, 2.45) is 0 Å². The van der Waals surface area contributed by atoms with E-state index in [1.165, 1.54) is 37.1 Å². The normalized spacial score (nSPS) is 21.9. The van der Waals surface area contributed by atoms with E-state index in [1.54, 1.807) is 0 Å². The Morgan fingerprint density at radius 3 is 2.57 bits per heavy atom. The van der Waals surface area contributed by atoms with Gasteiger partial charge in [0, 0.05) is 18.8 Å². The Kier molecular flexibility index (Phi) is 3.04. The molecule has 0 bridgehead atoms. The lowest BCUT2D eigenvalue weighted by atomic mass is 9.97. The van der Waals surface area contributed by atoms with Crippen molar-refractivity contribution in [2.75, 3.05) is 18.9 Å². The van der Waals surface area contributed by atoms with Gasteiger partial charge in [0.15, 0.2) is 0 Å². The standard InChI is InChI=1S/C12H18N2/c1-13-11-7-5-10(6-8-11)12-4-2-3-9-14-12/h5-8,12-14H,2-4,9H2,1H3/t12-/m1/s1. The fourth-order valence-electron chi connectivity index (χ4n) is 2.02. The quantitative estimate of drug-likeness (QED) is 0.749. The van der Waals surface area contributed by atoms with Crippen LogP contribution < -0.4 is 10.6 Å². The summed E-state index contributed by atoms with van der Waals surface area (Å²) in [6.07, 6.45) is 3.95. The highest BCUT2D eigenvalue weighted by atomic mass is 14.9. The SMILES string of the molecule is CNc1ccc([C@H]2CCCCN2)cc1. The molecule has 14 heavy (non-hydrogen) atoms. The zero-order chi connectivity index (χ0) is 9.80. The summed E-state index contributed by atoms with van der Waals surface area (Å²) in [6.45, 7) is 1.17. The molecule has 1 heterocycles. The van der Waals surface area contributed by atoms with Crippen molar-refractivity contribution in [1.29, 1.82) is 0 Å². The summed E-state index contributed by atoms with van der Waals surface area (Å²) in [6, 6.07) is 9.30. The molecule has 0 spiro atoms. The summed E-state index contributed by atoms with van der Waals surface area (Å²) >= 11 is 0. The van der Waals surface area contributed by atoms with Crippen molar-refractivity contribution >= 4 is 5.69 Å². The molecular formula is C12H18N2. The van der Waals surface area contributed by atoms with Crippen LogP contribution in [-0.4, -0.2) is 13.6 Å². The first-order valence-electron chi connectivity index (χ1n) is 5.41. The lowest BCUT2D eigenvalue weighted by Crippen LogP contribution is -2.26. The third kappa shape index (κ3) is 2.07. The topological polar surface area (TPSA) is 24.1 Å². The molecule has 0 aromatic heterocycles. The van der Waals surface area contributed by atoms with Crippen LogP contribution in [0.4, 0.5) is 5.69 Å². The van der Waals surface area contributed by atoms with Crippen LogP contribution >= 0.6 is 0 Å². The van der Waals surface area contributed by atoms with E-state index in [0.717, 1.165) is 0 Å². The second-order valence-corrected chi connectivity index (χ2v) is 3.87. The average Bonchev–Trinajstić information content (AvgIpc) is 2.30. The predicted molar refractivity (Wildman–Crippen MR) is 60.6 cm³/mol. The molecule has 1 aromatic carbocycles. The molecule has 0 aliphatic carbocycles. The largest absolute Gasteiger partial charge is 0.388 e. The van der Waals surface area contributed by atoms with Crippen molar-refractivity contribution in [3.63, 3.8) is 0 Å². The van der Waals surface area contributed by atoms with E-state index in [1.807, 2.05) is 7.05 Å². The van der Waals surface area contributed by atoms with E-state index < -0.39 is 0 Å². The van der Waals surface area contributed by atoms with Crippen LogP contribution in [0.5, 0.6) is 0 Å². The molecule has 76 valence electrons. The first kappa shape index (κ1) is 9.53. The zero-order valence-corrected chi connectivity index (χ0v) is 8.72. The summed E-state index contributed by atoms with van der Waals surface area (Å²) in [5, 5.41) is 6.69. The van der Waals surface area contributed by atoms with Gasteiger partial charge in [-0.25, -0.2) is 0 Å². The number of hydrogen-bond donors (Lipinski definition) is 2. The minimum Gasteiger partial charge on any atom is -0.388 e. The number of benzene rings is 1. The number of anilines is 1. The summed E-state index contributed by atoms with van der Waals surface area (Å²) in [7, 11) is 1.95. The van der Waals surface area contributed by atoms with E-state index in [2.05, 4.69) is 34.9 Å². The molecule has 0 unspecified atom stereocenters. The van der Waals surface area contributed by atoms with Gasteiger partial charge >= 0.3 is 0 Å². The monoisotopic (exact) mass is 190 g/mol. The highest BCUT2D eigenvalue weighted by molar-refractivity contribution is 5.44. The third-order valence-corrected chi connectivity index (χ3v) is 2.91. The summed E-state index contributed by atoms with van der Waals surface area (Å²) in [5.74, 6) is 0. The van der Waals surface area contributed by atoms with Gasteiger partial charge in [-0.05, 0) is 37.1 Å². The van der Waals surface area contributed by atoms with Gasteiger partial charge in [0.25, 0.3) is 0 Å². The minimum absolute atomic E-state index is 0.578. The molecule has 0 amide bonds. The van der Waals surface area contributed by atoms with Crippen LogP contribution in [0.25, 0.3) is 0 Å². The Morgan fingerprint density at radius 2 is 2.00 bits per heavy atom. The van der Waals surface area contributed by atoms with Crippen molar-refractivity contribution < 1.29 is 0 Å². The first-order valence-corrected chi connectivity index (χ1v) is 5.41. The number of piperidine rings is 1. The summed E-state index contributed by atoms with van der Waals surface area (Å²) in [5.41, 5.74) is 2.60. The highest BCUT2D eigenvalue weighted by Gasteiger charge is 2.13. The lowest BCUT2D eigenvalue weighted by Gasteiger charge is -2.23. The fourth-order valence-corrected chi connectivity index (χ4v) is 2.02. The Morgan fingerprint density at radius 1 is 1.21 bits per heavy atom. The number of nitrogens with one attached hydrogen (secondary N) is 2. The van der Waals surface area contributed by atoms with E-state index in [-0.39, 0.29) is 0 Å². The molecule has 2 rings (SSSR count). The highest BCUT2D eigenvalue weighted by Crippen LogP contribution is 2.23. The molecule has 1 aliphatic heterocycles.